The molecule has 0 fully saturated rings. The first kappa shape index (κ1) is 20.9. The van der Waals surface area contributed by atoms with Crippen molar-refractivity contribution in [3.8, 4) is 5.75 Å². The molecule has 1 aromatic heterocycles. The number of aryl methyl sites for hydroxylation is 2. The van der Waals surface area contributed by atoms with Crippen molar-refractivity contribution in [1.82, 2.24) is 0 Å². The molecule has 3 rings (SSSR count). The second kappa shape index (κ2) is 9.09. The van der Waals surface area contributed by atoms with Crippen LogP contribution in [0, 0.1) is 6.92 Å². The first-order valence-corrected chi connectivity index (χ1v) is 10.3. The van der Waals surface area contributed by atoms with E-state index in [1.54, 1.807) is 0 Å². The van der Waals surface area contributed by atoms with E-state index in [1.165, 1.54) is 18.3 Å². The molecule has 154 valence electrons. The third kappa shape index (κ3) is 4.95. The van der Waals surface area contributed by atoms with Gasteiger partial charge in [-0.1, -0.05) is 18.2 Å². The third-order valence-corrected chi connectivity index (χ3v) is 5.95. The van der Waals surface area contributed by atoms with E-state index in [-0.39, 0.29) is 13.0 Å². The summed E-state index contributed by atoms with van der Waals surface area (Å²) in [4.78, 5) is 37.3. The second-order valence-corrected chi connectivity index (χ2v) is 8.02. The van der Waals surface area contributed by atoms with Crippen molar-refractivity contribution >= 4 is 34.1 Å². The van der Waals surface area contributed by atoms with Crippen LogP contribution in [0.4, 0.5) is 5.00 Å². The minimum Gasteiger partial charge on any atom is -0.493 e. The molecule has 0 saturated carbocycles. The number of fused-ring (bicyclic) bond motifs is 1. The zero-order valence-electron chi connectivity index (χ0n) is 16.4. The first-order chi connectivity index (χ1) is 13.9. The molecule has 0 spiro atoms. The van der Waals surface area contributed by atoms with E-state index in [4.69, 9.17) is 15.2 Å². The number of rotatable bonds is 8. The standard InChI is InChI=1S/C21H24N2O5S/c1-12-6-3-4-8-15(12)27-11-10-17(24)28-13(2)20(26)23-21-18(19(22)25)14-7-5-9-16(14)29-21/h3-4,6,8,13H,5,7,9-11H2,1-2H3,(H2,22,25)(H,23,26). The monoisotopic (exact) mass is 416 g/mol. The number of carbonyl (C=O) groups excluding carboxylic acids is 3. The van der Waals surface area contributed by atoms with Crippen molar-refractivity contribution in [2.24, 2.45) is 5.73 Å². The number of hydrogen-bond donors (Lipinski definition) is 2. The highest BCUT2D eigenvalue weighted by molar-refractivity contribution is 7.17. The largest absolute Gasteiger partial charge is 0.493 e. The quantitative estimate of drug-likeness (QED) is 0.643. The van der Waals surface area contributed by atoms with Gasteiger partial charge in [0.1, 0.15) is 10.8 Å². The van der Waals surface area contributed by atoms with E-state index in [2.05, 4.69) is 5.32 Å². The molecule has 0 aliphatic heterocycles. The molecule has 3 N–H and O–H groups in total. The number of hydrogen-bond acceptors (Lipinski definition) is 6. The highest BCUT2D eigenvalue weighted by Crippen LogP contribution is 2.38. The van der Waals surface area contributed by atoms with Gasteiger partial charge in [0.2, 0.25) is 0 Å². The minimum atomic E-state index is -1.00. The van der Waals surface area contributed by atoms with Gasteiger partial charge in [0.15, 0.2) is 6.10 Å². The number of primary amides is 1. The van der Waals surface area contributed by atoms with E-state index >= 15 is 0 Å². The van der Waals surface area contributed by atoms with Crippen LogP contribution in [0.15, 0.2) is 24.3 Å². The zero-order chi connectivity index (χ0) is 21.0. The number of carbonyl (C=O) groups is 3. The normalized spacial score (nSPS) is 13.4. The maximum atomic E-state index is 12.4. The molecule has 2 amide bonds. The molecule has 1 aliphatic rings. The van der Waals surface area contributed by atoms with Gasteiger partial charge in [0.25, 0.3) is 11.8 Å². The van der Waals surface area contributed by atoms with Gasteiger partial charge in [-0.2, -0.15) is 0 Å². The Kier molecular flexibility index (Phi) is 6.53. The molecule has 0 saturated heterocycles. The predicted molar refractivity (Wildman–Crippen MR) is 110 cm³/mol. The molecule has 1 aromatic carbocycles. The van der Waals surface area contributed by atoms with E-state index in [0.717, 1.165) is 35.3 Å². The van der Waals surface area contributed by atoms with Crippen LogP contribution in [0.1, 0.15) is 46.1 Å². The molecule has 1 heterocycles. The van der Waals surface area contributed by atoms with E-state index in [9.17, 15) is 14.4 Å². The Hall–Kier alpha value is -2.87. The third-order valence-electron chi connectivity index (χ3n) is 4.74. The lowest BCUT2D eigenvalue weighted by atomic mass is 10.1. The fourth-order valence-electron chi connectivity index (χ4n) is 3.24. The van der Waals surface area contributed by atoms with Gasteiger partial charge in [0.05, 0.1) is 18.6 Å². The number of thiophene rings is 1. The van der Waals surface area contributed by atoms with Crippen molar-refractivity contribution in [2.75, 3.05) is 11.9 Å². The molecule has 1 atom stereocenters. The van der Waals surface area contributed by atoms with Gasteiger partial charge in [-0.3, -0.25) is 14.4 Å². The number of benzene rings is 1. The van der Waals surface area contributed by atoms with Crippen molar-refractivity contribution in [2.45, 2.75) is 45.6 Å². The lowest BCUT2D eigenvalue weighted by Gasteiger charge is -2.14. The van der Waals surface area contributed by atoms with Crippen LogP contribution in [-0.2, 0) is 27.2 Å². The summed E-state index contributed by atoms with van der Waals surface area (Å²) in [5.41, 5.74) is 7.77. The Labute approximate surface area is 173 Å². The van der Waals surface area contributed by atoms with Crippen LogP contribution in [-0.4, -0.2) is 30.5 Å². The average Bonchev–Trinajstić information content (AvgIpc) is 3.23. The van der Waals surface area contributed by atoms with Gasteiger partial charge in [0, 0.05) is 4.88 Å². The predicted octanol–water partition coefficient (Wildman–Crippen LogP) is 2.98. The van der Waals surface area contributed by atoms with E-state index in [0.29, 0.717) is 16.3 Å². The number of nitrogens with one attached hydrogen (secondary N) is 1. The van der Waals surface area contributed by atoms with Gasteiger partial charge >= 0.3 is 5.97 Å². The Balaban J connectivity index is 1.51. The van der Waals surface area contributed by atoms with Crippen molar-refractivity contribution < 1.29 is 23.9 Å². The SMILES string of the molecule is Cc1ccccc1OCCC(=O)OC(C)C(=O)Nc1sc2c(c1C(N)=O)CCC2. The Morgan fingerprint density at radius 3 is 2.72 bits per heavy atom. The summed E-state index contributed by atoms with van der Waals surface area (Å²) in [6.07, 6.45) is 1.66. The summed E-state index contributed by atoms with van der Waals surface area (Å²) in [5, 5.41) is 3.11. The fourth-order valence-corrected chi connectivity index (χ4v) is 4.54. The number of anilines is 1. The average molecular weight is 416 g/mol. The van der Waals surface area contributed by atoms with E-state index < -0.39 is 23.9 Å². The number of nitrogens with two attached hydrogens (primary N) is 1. The molecule has 2 aromatic rings. The summed E-state index contributed by atoms with van der Waals surface area (Å²) in [7, 11) is 0. The van der Waals surface area contributed by atoms with Gasteiger partial charge in [-0.15, -0.1) is 11.3 Å². The van der Waals surface area contributed by atoms with Crippen LogP contribution < -0.4 is 15.8 Å². The minimum absolute atomic E-state index is 0.0196. The summed E-state index contributed by atoms with van der Waals surface area (Å²) in [5.74, 6) is -0.890. The smallest absolute Gasteiger partial charge is 0.310 e. The van der Waals surface area contributed by atoms with E-state index in [1.807, 2.05) is 31.2 Å². The molecular formula is C21H24N2O5S. The Morgan fingerprint density at radius 2 is 2.00 bits per heavy atom. The molecule has 1 aliphatic carbocycles. The fraction of sp³-hybridized carbons (Fsp3) is 0.381. The molecule has 0 bridgehead atoms. The van der Waals surface area contributed by atoms with Crippen LogP contribution in [0.25, 0.3) is 0 Å². The summed E-state index contributed by atoms with van der Waals surface area (Å²) < 4.78 is 10.8. The molecule has 29 heavy (non-hydrogen) atoms. The molecule has 0 radical (unpaired) electrons. The van der Waals surface area contributed by atoms with Gasteiger partial charge in [-0.25, -0.2) is 0 Å². The van der Waals surface area contributed by atoms with Crippen molar-refractivity contribution in [1.29, 1.82) is 0 Å². The summed E-state index contributed by atoms with van der Waals surface area (Å²) in [6.45, 7) is 3.56. The first-order valence-electron chi connectivity index (χ1n) is 9.50. The van der Waals surface area contributed by atoms with Crippen LogP contribution in [0.3, 0.4) is 0 Å². The Morgan fingerprint density at radius 1 is 1.24 bits per heavy atom. The number of ether oxygens (including phenoxy) is 2. The zero-order valence-corrected chi connectivity index (χ0v) is 17.3. The number of para-hydroxylation sites is 1. The molecule has 1 unspecified atom stereocenters. The number of amides is 2. The second-order valence-electron chi connectivity index (χ2n) is 6.91. The molecule has 7 nitrogen and oxygen atoms in total. The molecular weight excluding hydrogens is 392 g/mol. The highest BCUT2D eigenvalue weighted by Gasteiger charge is 2.27. The number of esters is 1. The maximum Gasteiger partial charge on any atom is 0.310 e. The van der Waals surface area contributed by atoms with Gasteiger partial charge < -0.3 is 20.5 Å². The lowest BCUT2D eigenvalue weighted by Crippen LogP contribution is -2.31. The van der Waals surface area contributed by atoms with Crippen LogP contribution in [0.2, 0.25) is 0 Å². The van der Waals surface area contributed by atoms with Crippen LogP contribution in [0.5, 0.6) is 5.75 Å². The van der Waals surface area contributed by atoms with Gasteiger partial charge in [-0.05, 0) is 50.3 Å². The highest BCUT2D eigenvalue weighted by atomic mass is 32.1. The lowest BCUT2D eigenvalue weighted by molar-refractivity contribution is -0.153. The topological polar surface area (TPSA) is 108 Å². The van der Waals surface area contributed by atoms with Crippen molar-refractivity contribution in [3.05, 3.63) is 45.8 Å². The van der Waals surface area contributed by atoms with Crippen molar-refractivity contribution in [3.63, 3.8) is 0 Å². The summed E-state index contributed by atoms with van der Waals surface area (Å²) in [6, 6.07) is 7.50. The Bertz CT molecular complexity index is 937. The summed E-state index contributed by atoms with van der Waals surface area (Å²) >= 11 is 1.36. The molecule has 8 heteroatoms. The maximum absolute atomic E-state index is 12.4. The van der Waals surface area contributed by atoms with Crippen LogP contribution >= 0.6 is 11.3 Å².